The van der Waals surface area contributed by atoms with Crippen LogP contribution in [0.15, 0.2) is 71.7 Å². The van der Waals surface area contributed by atoms with Gasteiger partial charge in [0, 0.05) is 4.90 Å². The molecule has 0 aromatic heterocycles. The number of halogens is 3. The predicted molar refractivity (Wildman–Crippen MR) is 133 cm³/mol. The summed E-state index contributed by atoms with van der Waals surface area (Å²) in [4.78, 5) is 13.7. The number of hydrogen-bond donors (Lipinski definition) is 2. The van der Waals surface area contributed by atoms with Gasteiger partial charge in [0.25, 0.3) is 0 Å². The summed E-state index contributed by atoms with van der Waals surface area (Å²) in [5.74, 6) is -1.19. The van der Waals surface area contributed by atoms with Crippen LogP contribution < -0.4 is 15.2 Å². The Balaban J connectivity index is 1.35. The number of anilines is 1. The Bertz CT molecular complexity index is 1250. The number of nitrogens with zero attached hydrogens (tertiary/aromatic N) is 2. The third kappa shape index (κ3) is 4.50. The number of aryl methyl sites for hydroxylation is 1. The van der Waals surface area contributed by atoms with Crippen molar-refractivity contribution < 1.29 is 32.5 Å². The Labute approximate surface area is 216 Å². The molecule has 0 spiro atoms. The molecule has 3 saturated heterocycles. The van der Waals surface area contributed by atoms with Crippen molar-refractivity contribution in [3.63, 3.8) is 0 Å². The van der Waals surface area contributed by atoms with Crippen molar-refractivity contribution in [3.05, 3.63) is 77.9 Å². The highest BCUT2D eigenvalue weighted by atomic mass is 32.2. The molecule has 3 aliphatic heterocycles. The normalized spacial score (nSPS) is 26.8. The lowest BCUT2D eigenvalue weighted by molar-refractivity contribution is -0.348. The highest BCUT2D eigenvalue weighted by Gasteiger charge is 2.71. The predicted octanol–water partition coefficient (Wildman–Crippen LogP) is 5.00. The molecule has 2 aromatic rings. The zero-order valence-electron chi connectivity index (χ0n) is 20.2. The SMILES string of the molecule is Cc1cc(SCC(=O)O)ccc1OCC1(C23NN(c4ccc(C(F)(F)F)cc4)C(O2)N3C)C=CC=CC1. The van der Waals surface area contributed by atoms with Crippen LogP contribution >= 0.6 is 11.8 Å². The third-order valence-corrected chi connectivity index (χ3v) is 7.86. The number of carboxylic acids is 1. The minimum absolute atomic E-state index is 0.0195. The van der Waals surface area contributed by atoms with Crippen molar-refractivity contribution >= 4 is 23.4 Å². The molecule has 2 bridgehead atoms. The fourth-order valence-corrected chi connectivity index (χ4v) is 5.61. The van der Waals surface area contributed by atoms with Crippen LogP contribution in [0.25, 0.3) is 0 Å². The van der Waals surface area contributed by atoms with E-state index >= 15 is 0 Å². The zero-order chi connectivity index (χ0) is 26.4. The van der Waals surface area contributed by atoms with Gasteiger partial charge in [0.05, 0.1) is 22.4 Å². The Morgan fingerprint density at radius 2 is 2.00 bits per heavy atom. The van der Waals surface area contributed by atoms with Crippen molar-refractivity contribution in [1.82, 2.24) is 10.3 Å². The maximum atomic E-state index is 13.0. The first-order valence-electron chi connectivity index (χ1n) is 11.6. The Hall–Kier alpha value is -2.99. The summed E-state index contributed by atoms with van der Waals surface area (Å²) in [7, 11) is 1.90. The molecular weight excluding hydrogens is 507 g/mol. The average Bonchev–Trinajstić information content (AvgIpc) is 3.43. The fourth-order valence-electron chi connectivity index (χ4n) is 4.90. The number of carboxylic acid groups (broad SMARTS) is 1. The Morgan fingerprint density at radius 3 is 2.59 bits per heavy atom. The lowest BCUT2D eigenvalue weighted by atomic mass is 9.75. The van der Waals surface area contributed by atoms with Crippen LogP contribution in [0.4, 0.5) is 18.9 Å². The average molecular weight is 534 g/mol. The highest BCUT2D eigenvalue weighted by molar-refractivity contribution is 8.00. The van der Waals surface area contributed by atoms with E-state index in [4.69, 9.17) is 14.6 Å². The van der Waals surface area contributed by atoms with Crippen molar-refractivity contribution in [3.8, 4) is 5.75 Å². The summed E-state index contributed by atoms with van der Waals surface area (Å²) in [6.45, 7) is 2.17. The Kier molecular flexibility index (Phi) is 6.51. The number of alkyl halides is 3. The molecule has 6 rings (SSSR count). The molecule has 3 unspecified atom stereocenters. The van der Waals surface area contributed by atoms with Gasteiger partial charge in [-0.2, -0.15) is 18.6 Å². The van der Waals surface area contributed by atoms with Gasteiger partial charge >= 0.3 is 12.1 Å². The molecule has 11 heteroatoms. The zero-order valence-corrected chi connectivity index (χ0v) is 21.0. The van der Waals surface area contributed by atoms with Gasteiger partial charge in [0.2, 0.25) is 12.2 Å². The number of ether oxygens (including phenoxy) is 2. The van der Waals surface area contributed by atoms with E-state index in [1.54, 1.807) is 5.01 Å². The molecule has 2 N–H and O–H groups in total. The summed E-state index contributed by atoms with van der Waals surface area (Å²) >= 11 is 1.24. The first-order chi connectivity index (χ1) is 17.5. The van der Waals surface area contributed by atoms with Crippen LogP contribution in [0.1, 0.15) is 17.5 Å². The van der Waals surface area contributed by atoms with Crippen LogP contribution in [-0.4, -0.2) is 47.6 Å². The lowest BCUT2D eigenvalue weighted by Crippen LogP contribution is -2.73. The summed E-state index contributed by atoms with van der Waals surface area (Å²) in [6, 6.07) is 10.5. The maximum Gasteiger partial charge on any atom is 0.416 e. The lowest BCUT2D eigenvalue weighted by Gasteiger charge is -2.55. The van der Waals surface area contributed by atoms with Gasteiger partial charge in [-0.05, 0) is 68.4 Å². The molecule has 7 nitrogen and oxygen atoms in total. The van der Waals surface area contributed by atoms with Crippen molar-refractivity contribution in [2.45, 2.75) is 36.6 Å². The number of hydrogen-bond acceptors (Lipinski definition) is 7. The van der Waals surface area contributed by atoms with Crippen LogP contribution in [0.3, 0.4) is 0 Å². The molecular formula is C26H26F3N3O4S. The first-order valence-corrected chi connectivity index (χ1v) is 12.6. The summed E-state index contributed by atoms with van der Waals surface area (Å²) in [5.41, 5.74) is 3.48. The van der Waals surface area contributed by atoms with Crippen LogP contribution in [0.5, 0.6) is 5.75 Å². The monoisotopic (exact) mass is 533 g/mol. The third-order valence-electron chi connectivity index (χ3n) is 6.88. The number of benzene rings is 2. The second-order valence-corrected chi connectivity index (χ2v) is 10.3. The molecule has 0 saturated carbocycles. The number of carbonyl (C=O) groups is 1. The second-order valence-electron chi connectivity index (χ2n) is 9.27. The van der Waals surface area contributed by atoms with E-state index in [1.807, 2.05) is 61.4 Å². The quantitative estimate of drug-likeness (QED) is 0.460. The van der Waals surface area contributed by atoms with Crippen LogP contribution in [0, 0.1) is 12.3 Å². The highest BCUT2D eigenvalue weighted by Crippen LogP contribution is 2.54. The molecule has 196 valence electrons. The molecule has 4 aliphatic rings. The van der Waals surface area contributed by atoms with E-state index < -0.39 is 35.3 Å². The van der Waals surface area contributed by atoms with Gasteiger partial charge < -0.3 is 14.6 Å². The number of allylic oxidation sites excluding steroid dienone is 3. The van der Waals surface area contributed by atoms with E-state index in [0.29, 0.717) is 17.9 Å². The molecule has 0 amide bonds. The van der Waals surface area contributed by atoms with Crippen molar-refractivity contribution in [1.29, 1.82) is 0 Å². The van der Waals surface area contributed by atoms with Gasteiger partial charge in [0.15, 0.2) is 0 Å². The Morgan fingerprint density at radius 1 is 1.24 bits per heavy atom. The molecule has 1 aliphatic carbocycles. The number of rotatable bonds is 8. The molecule has 3 fully saturated rings. The topological polar surface area (TPSA) is 74.3 Å². The molecule has 37 heavy (non-hydrogen) atoms. The number of hydrazine groups is 1. The van der Waals surface area contributed by atoms with Gasteiger partial charge in [-0.25, -0.2) is 4.90 Å². The maximum absolute atomic E-state index is 13.0. The molecule has 2 aromatic carbocycles. The number of fused-ring (bicyclic) bond motifs is 1. The van der Waals surface area contributed by atoms with Gasteiger partial charge in [0.1, 0.15) is 12.4 Å². The fraction of sp³-hybridized carbons (Fsp3) is 0.346. The number of aliphatic carboxylic acids is 1. The van der Waals surface area contributed by atoms with E-state index in [1.165, 1.54) is 23.9 Å². The standard InChI is InChI=1S/C26H26F3N3O4S/c1-17-14-20(37-15-22(33)34)10-11-21(17)35-16-24(12-4-3-5-13-24)26-30-32(23(36-26)31(26)2)19-8-6-18(7-9-19)25(27,28)29/h3-12,14,23,30H,13,15-16H2,1-2H3,(H,33,34). The second kappa shape index (κ2) is 9.39. The van der Waals surface area contributed by atoms with Crippen LogP contribution in [0.2, 0.25) is 0 Å². The van der Waals surface area contributed by atoms with Crippen LogP contribution in [-0.2, 0) is 15.7 Å². The molecule has 3 heterocycles. The van der Waals surface area contributed by atoms with E-state index in [-0.39, 0.29) is 12.4 Å². The van der Waals surface area contributed by atoms with Gasteiger partial charge in [-0.3, -0.25) is 9.80 Å². The summed E-state index contributed by atoms with van der Waals surface area (Å²) in [6.07, 6.45) is 3.68. The van der Waals surface area contributed by atoms with Gasteiger partial charge in [-0.1, -0.05) is 24.3 Å². The molecule has 3 atom stereocenters. The number of thioether (sulfide) groups is 1. The summed E-state index contributed by atoms with van der Waals surface area (Å²) in [5, 5.41) is 10.6. The minimum Gasteiger partial charge on any atom is -0.492 e. The van der Waals surface area contributed by atoms with E-state index in [2.05, 4.69) is 5.43 Å². The minimum atomic E-state index is -4.40. The van der Waals surface area contributed by atoms with Crippen molar-refractivity contribution in [2.24, 2.45) is 5.41 Å². The number of nitrogens with one attached hydrogen (secondary N) is 1. The smallest absolute Gasteiger partial charge is 0.416 e. The molecule has 0 radical (unpaired) electrons. The van der Waals surface area contributed by atoms with Crippen molar-refractivity contribution in [2.75, 3.05) is 24.4 Å². The first kappa shape index (κ1) is 25.7. The van der Waals surface area contributed by atoms with E-state index in [0.717, 1.165) is 22.6 Å². The van der Waals surface area contributed by atoms with E-state index in [9.17, 15) is 18.0 Å². The van der Waals surface area contributed by atoms with Gasteiger partial charge in [-0.15, -0.1) is 11.8 Å². The summed E-state index contributed by atoms with van der Waals surface area (Å²) < 4.78 is 51.7. The largest absolute Gasteiger partial charge is 0.492 e.